The van der Waals surface area contributed by atoms with Crippen LogP contribution in [0.5, 0.6) is 0 Å². The molecule has 0 aliphatic rings. The van der Waals surface area contributed by atoms with Gasteiger partial charge in [-0.15, -0.1) is 0 Å². The minimum Gasteiger partial charge on any atom is -0.334 e. The molecule has 12 heteroatoms. The van der Waals surface area contributed by atoms with Crippen LogP contribution in [0.2, 0.25) is 10.2 Å². The van der Waals surface area contributed by atoms with Crippen LogP contribution >= 0.6 is 23.2 Å². The molecule has 206 valence electrons. The molecule has 0 saturated heterocycles. The molecular weight excluding hydrogens is 564 g/mol. The number of carbonyl (C=O) groups excluding carboxylic acids is 1. The zero-order valence-electron chi connectivity index (χ0n) is 21.0. The second-order valence-electron chi connectivity index (χ2n) is 9.23. The highest BCUT2D eigenvalue weighted by Crippen LogP contribution is 2.34. The van der Waals surface area contributed by atoms with Crippen molar-refractivity contribution >= 4 is 40.1 Å². The summed E-state index contributed by atoms with van der Waals surface area (Å²) in [5.74, 6) is 0.385. The van der Waals surface area contributed by atoms with Crippen molar-refractivity contribution in [3.8, 4) is 11.3 Å². The van der Waals surface area contributed by atoms with Crippen molar-refractivity contribution in [2.75, 3.05) is 0 Å². The smallest absolute Gasteiger partial charge is 0.334 e. The Kier molecular flexibility index (Phi) is 7.73. The number of benzene rings is 3. The summed E-state index contributed by atoms with van der Waals surface area (Å²) < 4.78 is 40.3. The lowest BCUT2D eigenvalue weighted by molar-refractivity contribution is -0.138. The van der Waals surface area contributed by atoms with E-state index >= 15 is 0 Å². The number of nitrogens with zero attached hydrogens (tertiary/aromatic N) is 2. The van der Waals surface area contributed by atoms with E-state index in [0.717, 1.165) is 39.9 Å². The molecule has 5 aromatic rings. The average molecular weight is 587 g/mol. The van der Waals surface area contributed by atoms with Gasteiger partial charge >= 0.3 is 12.2 Å². The van der Waals surface area contributed by atoms with Crippen LogP contribution in [-0.4, -0.2) is 26.2 Å². The molecule has 1 atom stereocenters. The first-order valence-electron chi connectivity index (χ1n) is 12.2. The Labute approximate surface area is 237 Å². The summed E-state index contributed by atoms with van der Waals surface area (Å²) in [4.78, 5) is 20.7. The number of hydrogen-bond donors (Lipinski definition) is 4. The zero-order valence-corrected chi connectivity index (χ0v) is 22.5. The van der Waals surface area contributed by atoms with Crippen molar-refractivity contribution < 1.29 is 18.0 Å². The van der Waals surface area contributed by atoms with Crippen molar-refractivity contribution in [1.82, 2.24) is 30.8 Å². The first-order chi connectivity index (χ1) is 19.1. The topological polar surface area (TPSA) is 98.5 Å². The Morgan fingerprint density at radius 2 is 1.82 bits per heavy atom. The largest absolute Gasteiger partial charge is 0.416 e. The Bertz CT molecular complexity index is 1670. The lowest BCUT2D eigenvalue weighted by atomic mass is 10.1. The minimum atomic E-state index is -4.59. The molecule has 0 spiro atoms. The molecule has 0 aliphatic heterocycles. The number of urea groups is 1. The summed E-state index contributed by atoms with van der Waals surface area (Å²) in [6.07, 6.45) is -4.24. The molecule has 0 aliphatic carbocycles. The Balaban J connectivity index is 1.39. The lowest BCUT2D eigenvalue weighted by Gasteiger charge is -2.19. The Morgan fingerprint density at radius 3 is 2.58 bits per heavy atom. The molecule has 0 bridgehead atoms. The number of imidazole rings is 1. The van der Waals surface area contributed by atoms with Crippen molar-refractivity contribution in [1.29, 1.82) is 0 Å². The van der Waals surface area contributed by atoms with Gasteiger partial charge in [-0.1, -0.05) is 65.7 Å². The summed E-state index contributed by atoms with van der Waals surface area (Å²) in [6, 6.07) is 16.9. The average Bonchev–Trinajstić information content (AvgIpc) is 3.49. The van der Waals surface area contributed by atoms with Gasteiger partial charge < -0.3 is 15.6 Å². The van der Waals surface area contributed by atoms with E-state index in [2.05, 4.69) is 30.8 Å². The number of aromatic amines is 2. The van der Waals surface area contributed by atoms with Crippen LogP contribution in [0, 0.1) is 6.92 Å². The summed E-state index contributed by atoms with van der Waals surface area (Å²) in [6.45, 7) is 1.54. The predicted octanol–water partition coefficient (Wildman–Crippen LogP) is 7.37. The number of fused-ring (bicyclic) bond motifs is 1. The third kappa shape index (κ3) is 6.08. The van der Waals surface area contributed by atoms with E-state index in [4.69, 9.17) is 23.2 Å². The number of aryl methyl sites for hydroxylation is 1. The normalized spacial score (nSPS) is 12.4. The fraction of sp³-hybridized carbons (Fsp3) is 0.179. The van der Waals surface area contributed by atoms with Gasteiger partial charge in [0.25, 0.3) is 0 Å². The SMILES string of the molecule is Cc1[nH]nc2cc(-c3nc([C@H](Cc4ccccc4)NC(=O)NCc4cc(Cl)ccc4C(F)(F)F)[nH]c3Cl)ccc12. The first-order valence-corrected chi connectivity index (χ1v) is 13.0. The van der Waals surface area contributed by atoms with Crippen LogP contribution < -0.4 is 10.6 Å². The maximum atomic E-state index is 13.4. The predicted molar refractivity (Wildman–Crippen MR) is 148 cm³/mol. The number of alkyl halides is 3. The molecule has 2 aromatic heterocycles. The molecule has 3 aromatic carbocycles. The van der Waals surface area contributed by atoms with Gasteiger partial charge in [0, 0.05) is 28.2 Å². The zero-order chi connectivity index (χ0) is 28.4. The molecule has 5 rings (SSSR count). The molecule has 40 heavy (non-hydrogen) atoms. The van der Waals surface area contributed by atoms with Gasteiger partial charge in [0.2, 0.25) is 0 Å². The molecule has 0 radical (unpaired) electrons. The van der Waals surface area contributed by atoms with Crippen LogP contribution in [0.15, 0.2) is 66.7 Å². The van der Waals surface area contributed by atoms with Crippen LogP contribution in [0.1, 0.15) is 34.3 Å². The monoisotopic (exact) mass is 586 g/mol. The molecule has 0 fully saturated rings. The first kappa shape index (κ1) is 27.5. The summed E-state index contributed by atoms with van der Waals surface area (Å²) >= 11 is 12.5. The Morgan fingerprint density at radius 1 is 1.05 bits per heavy atom. The van der Waals surface area contributed by atoms with E-state index in [1.54, 1.807) is 0 Å². The second-order valence-corrected chi connectivity index (χ2v) is 10.0. The molecule has 0 unspecified atom stereocenters. The number of rotatable bonds is 7. The quantitative estimate of drug-likeness (QED) is 0.160. The van der Waals surface area contributed by atoms with E-state index in [9.17, 15) is 18.0 Å². The van der Waals surface area contributed by atoms with Crippen LogP contribution in [0.25, 0.3) is 22.2 Å². The lowest BCUT2D eigenvalue weighted by Crippen LogP contribution is -2.39. The number of halogens is 5. The van der Waals surface area contributed by atoms with Gasteiger partial charge in [-0.3, -0.25) is 5.10 Å². The van der Waals surface area contributed by atoms with Gasteiger partial charge in [0.1, 0.15) is 16.7 Å². The van der Waals surface area contributed by atoms with Gasteiger partial charge in [-0.2, -0.15) is 18.3 Å². The number of carbonyl (C=O) groups is 1. The Hall–Kier alpha value is -4.02. The highest BCUT2D eigenvalue weighted by Gasteiger charge is 2.33. The van der Waals surface area contributed by atoms with Crippen molar-refractivity contribution in [2.45, 2.75) is 32.1 Å². The van der Waals surface area contributed by atoms with E-state index in [0.29, 0.717) is 17.9 Å². The number of amides is 2. The summed E-state index contributed by atoms with van der Waals surface area (Å²) in [7, 11) is 0. The van der Waals surface area contributed by atoms with Crippen LogP contribution in [0.3, 0.4) is 0 Å². The van der Waals surface area contributed by atoms with E-state index in [-0.39, 0.29) is 22.3 Å². The van der Waals surface area contributed by atoms with E-state index in [1.807, 2.05) is 55.5 Å². The molecule has 2 amide bonds. The minimum absolute atomic E-state index is 0.133. The summed E-state index contributed by atoms with van der Waals surface area (Å²) in [5, 5.41) is 13.9. The van der Waals surface area contributed by atoms with Gasteiger partial charge in [-0.25, -0.2) is 9.78 Å². The van der Waals surface area contributed by atoms with Gasteiger partial charge in [-0.05, 0) is 48.7 Å². The maximum absolute atomic E-state index is 13.4. The summed E-state index contributed by atoms with van der Waals surface area (Å²) in [5.41, 5.74) is 2.79. The van der Waals surface area contributed by atoms with E-state index < -0.39 is 23.8 Å². The van der Waals surface area contributed by atoms with Gasteiger partial charge in [0.15, 0.2) is 0 Å². The number of H-pyrrole nitrogens is 2. The molecule has 0 saturated carbocycles. The highest BCUT2D eigenvalue weighted by atomic mass is 35.5. The van der Waals surface area contributed by atoms with Gasteiger partial charge in [0.05, 0.1) is 17.1 Å². The fourth-order valence-corrected chi connectivity index (χ4v) is 4.90. The molecule has 4 N–H and O–H groups in total. The second kappa shape index (κ2) is 11.2. The maximum Gasteiger partial charge on any atom is 0.416 e. The van der Waals surface area contributed by atoms with Crippen molar-refractivity contribution in [3.05, 3.63) is 105 Å². The standard InChI is InChI=1S/C28H23Cl2F3N6O/c1-15-20-9-7-17(13-22(20)39-38-15)24-25(30)37-26(36-24)23(11-16-5-3-2-4-6-16)35-27(40)34-14-18-12-19(29)8-10-21(18)28(31,32)33/h2-10,12-13,23H,11,14H2,1H3,(H,36,37)(H,38,39)(H2,34,35,40)/t23-/m0/s1. The third-order valence-electron chi connectivity index (χ3n) is 6.43. The third-order valence-corrected chi connectivity index (χ3v) is 6.94. The number of aromatic nitrogens is 4. The van der Waals surface area contributed by atoms with Crippen LogP contribution in [0.4, 0.5) is 18.0 Å². The highest BCUT2D eigenvalue weighted by molar-refractivity contribution is 6.32. The number of nitrogens with one attached hydrogen (secondary N) is 4. The molecule has 7 nitrogen and oxygen atoms in total. The number of hydrogen-bond acceptors (Lipinski definition) is 3. The van der Waals surface area contributed by atoms with E-state index in [1.165, 1.54) is 6.07 Å². The van der Waals surface area contributed by atoms with Crippen molar-refractivity contribution in [3.63, 3.8) is 0 Å². The van der Waals surface area contributed by atoms with Crippen LogP contribution in [-0.2, 0) is 19.1 Å². The molecular formula is C28H23Cl2F3N6O. The molecule has 2 heterocycles. The fourth-order valence-electron chi connectivity index (χ4n) is 4.45. The van der Waals surface area contributed by atoms with Crippen molar-refractivity contribution in [2.24, 2.45) is 0 Å².